The molecule has 0 heterocycles. The molecule has 0 atom stereocenters. The Hall–Kier alpha value is -2.25. The van der Waals surface area contributed by atoms with E-state index in [0.29, 0.717) is 12.0 Å². The van der Waals surface area contributed by atoms with Crippen molar-refractivity contribution in [3.05, 3.63) is 29.8 Å². The van der Waals surface area contributed by atoms with Crippen LogP contribution < -0.4 is 4.74 Å². The number of carboxylic acids is 1. The second-order valence-electron chi connectivity index (χ2n) is 4.58. The summed E-state index contributed by atoms with van der Waals surface area (Å²) in [6, 6.07) is 5.05. The summed E-state index contributed by atoms with van der Waals surface area (Å²) < 4.78 is 40.2. The molecule has 0 aliphatic heterocycles. The molecule has 1 aromatic carbocycles. The molecule has 1 N–H and O–H groups in total. The normalized spacial score (nSPS) is 11.1. The first kappa shape index (κ1) is 17.8. The maximum atomic E-state index is 12.1. The second-order valence-corrected chi connectivity index (χ2v) is 4.58. The Balaban J connectivity index is 2.77. The molecule has 0 bridgehead atoms. The molecule has 8 heteroatoms. The van der Waals surface area contributed by atoms with Gasteiger partial charge < -0.3 is 14.7 Å². The number of ether oxygens (including phenoxy) is 1. The van der Waals surface area contributed by atoms with E-state index in [9.17, 15) is 22.8 Å². The van der Waals surface area contributed by atoms with Gasteiger partial charge in [-0.25, -0.2) is 0 Å². The zero-order valence-electron chi connectivity index (χ0n) is 11.9. The molecule has 0 fully saturated rings. The van der Waals surface area contributed by atoms with Gasteiger partial charge in [0.1, 0.15) is 12.3 Å². The van der Waals surface area contributed by atoms with Crippen molar-refractivity contribution in [3.63, 3.8) is 0 Å². The number of amides is 1. The van der Waals surface area contributed by atoms with Crippen molar-refractivity contribution in [2.75, 3.05) is 13.1 Å². The summed E-state index contributed by atoms with van der Waals surface area (Å²) in [5.74, 6) is -2.03. The number of aliphatic carboxylic acids is 1. The highest BCUT2D eigenvalue weighted by Crippen LogP contribution is 2.23. The number of hydrogen-bond donors (Lipinski definition) is 1. The van der Waals surface area contributed by atoms with Crippen LogP contribution in [0, 0.1) is 0 Å². The van der Waals surface area contributed by atoms with Gasteiger partial charge in [0.25, 0.3) is 0 Å². The topological polar surface area (TPSA) is 66.8 Å². The first-order valence-corrected chi connectivity index (χ1v) is 6.55. The third-order valence-corrected chi connectivity index (χ3v) is 2.66. The van der Waals surface area contributed by atoms with Gasteiger partial charge in [0.2, 0.25) is 5.91 Å². The predicted octanol–water partition coefficient (Wildman–Crippen LogP) is 2.45. The lowest BCUT2D eigenvalue weighted by Gasteiger charge is -2.20. The van der Waals surface area contributed by atoms with Crippen molar-refractivity contribution in [3.8, 4) is 5.75 Å². The zero-order valence-corrected chi connectivity index (χ0v) is 11.9. The smallest absolute Gasteiger partial charge is 0.480 e. The molecule has 0 saturated heterocycles. The van der Waals surface area contributed by atoms with Crippen molar-refractivity contribution in [2.24, 2.45) is 0 Å². The highest BCUT2D eigenvalue weighted by molar-refractivity contribution is 5.83. The lowest BCUT2D eigenvalue weighted by Crippen LogP contribution is -2.37. The van der Waals surface area contributed by atoms with Crippen LogP contribution in [0.5, 0.6) is 5.75 Å². The van der Waals surface area contributed by atoms with Gasteiger partial charge in [0, 0.05) is 6.54 Å². The largest absolute Gasteiger partial charge is 0.573 e. The van der Waals surface area contributed by atoms with Crippen LogP contribution in [0.2, 0.25) is 0 Å². The number of nitrogens with zero attached hydrogens (tertiary/aromatic N) is 1. The molecule has 5 nitrogen and oxygen atoms in total. The van der Waals surface area contributed by atoms with Gasteiger partial charge in [0.15, 0.2) is 0 Å². The highest BCUT2D eigenvalue weighted by Gasteiger charge is 2.31. The molecule has 0 saturated carbocycles. The number of carboxylic acid groups (broad SMARTS) is 1. The molecule has 122 valence electrons. The number of benzene rings is 1. The van der Waals surface area contributed by atoms with Gasteiger partial charge in [-0.15, -0.1) is 13.2 Å². The molecule has 0 aliphatic rings. The van der Waals surface area contributed by atoms with E-state index in [0.717, 1.165) is 17.0 Å². The molecule has 1 amide bonds. The van der Waals surface area contributed by atoms with Crippen LogP contribution in [-0.4, -0.2) is 41.3 Å². The summed E-state index contributed by atoms with van der Waals surface area (Å²) in [6.45, 7) is 1.62. The van der Waals surface area contributed by atoms with Crippen molar-refractivity contribution >= 4 is 11.9 Å². The average molecular weight is 319 g/mol. The number of hydrogen-bond acceptors (Lipinski definition) is 3. The number of carbonyl (C=O) groups excluding carboxylic acids is 1. The highest BCUT2D eigenvalue weighted by atomic mass is 19.4. The SMILES string of the molecule is CCCN(CC(=O)O)C(=O)Cc1cccc(OC(F)(F)F)c1. The van der Waals surface area contributed by atoms with Crippen molar-refractivity contribution in [1.82, 2.24) is 4.90 Å². The second kappa shape index (κ2) is 7.67. The number of alkyl halides is 3. The number of rotatable bonds is 7. The van der Waals surface area contributed by atoms with Gasteiger partial charge in [-0.05, 0) is 24.1 Å². The Morgan fingerprint density at radius 3 is 2.55 bits per heavy atom. The van der Waals surface area contributed by atoms with E-state index in [2.05, 4.69) is 4.74 Å². The third kappa shape index (κ3) is 6.47. The molecule has 0 radical (unpaired) electrons. The summed E-state index contributed by atoms with van der Waals surface area (Å²) >= 11 is 0. The fraction of sp³-hybridized carbons (Fsp3) is 0.429. The maximum absolute atomic E-state index is 12.1. The lowest BCUT2D eigenvalue weighted by atomic mass is 10.1. The van der Waals surface area contributed by atoms with Crippen LogP contribution in [0.3, 0.4) is 0 Å². The Morgan fingerprint density at radius 1 is 1.32 bits per heavy atom. The van der Waals surface area contributed by atoms with Gasteiger partial charge in [-0.1, -0.05) is 19.1 Å². The molecule has 1 aromatic rings. The van der Waals surface area contributed by atoms with Crippen molar-refractivity contribution in [1.29, 1.82) is 0 Å². The average Bonchev–Trinajstić information content (AvgIpc) is 2.36. The lowest BCUT2D eigenvalue weighted by molar-refractivity contribution is -0.274. The molecular formula is C14H16F3NO4. The quantitative estimate of drug-likeness (QED) is 0.838. The first-order valence-electron chi connectivity index (χ1n) is 6.55. The predicted molar refractivity (Wildman–Crippen MR) is 71.3 cm³/mol. The van der Waals surface area contributed by atoms with E-state index < -0.39 is 30.5 Å². The van der Waals surface area contributed by atoms with Crippen LogP contribution in [0.25, 0.3) is 0 Å². The van der Waals surface area contributed by atoms with E-state index in [4.69, 9.17) is 5.11 Å². The molecule has 0 aromatic heterocycles. The van der Waals surface area contributed by atoms with E-state index in [1.54, 1.807) is 6.92 Å². The van der Waals surface area contributed by atoms with Crippen LogP contribution >= 0.6 is 0 Å². The monoisotopic (exact) mass is 319 g/mol. The van der Waals surface area contributed by atoms with Crippen molar-refractivity contribution in [2.45, 2.75) is 26.1 Å². The molecule has 1 rings (SSSR count). The van der Waals surface area contributed by atoms with Gasteiger partial charge in [0.05, 0.1) is 6.42 Å². The molecule has 0 unspecified atom stereocenters. The standard InChI is InChI=1S/C14H16F3NO4/c1-2-6-18(9-13(20)21)12(19)8-10-4-3-5-11(7-10)22-14(15,16)17/h3-5,7H,2,6,8-9H2,1H3,(H,20,21). The summed E-state index contributed by atoms with van der Waals surface area (Å²) in [6.07, 6.45) is -4.42. The van der Waals surface area contributed by atoms with Gasteiger partial charge >= 0.3 is 12.3 Å². The Morgan fingerprint density at radius 2 is 2.00 bits per heavy atom. The van der Waals surface area contributed by atoms with Crippen molar-refractivity contribution < 1.29 is 32.6 Å². The summed E-state index contributed by atoms with van der Waals surface area (Å²) in [5, 5.41) is 8.76. The first-order chi connectivity index (χ1) is 10.2. The van der Waals surface area contributed by atoms with Crippen LogP contribution in [0.15, 0.2) is 24.3 Å². The zero-order chi connectivity index (χ0) is 16.8. The van der Waals surface area contributed by atoms with E-state index >= 15 is 0 Å². The minimum atomic E-state index is -4.81. The van der Waals surface area contributed by atoms with Gasteiger partial charge in [-0.3, -0.25) is 9.59 Å². The molecule has 0 aliphatic carbocycles. The van der Waals surface area contributed by atoms with E-state index in [1.165, 1.54) is 12.1 Å². The Labute approximate surface area is 125 Å². The minimum absolute atomic E-state index is 0.192. The van der Waals surface area contributed by atoms with Crippen LogP contribution in [0.4, 0.5) is 13.2 Å². The molecule has 22 heavy (non-hydrogen) atoms. The van der Waals surface area contributed by atoms with Crippen LogP contribution in [0.1, 0.15) is 18.9 Å². The third-order valence-electron chi connectivity index (χ3n) is 2.66. The van der Waals surface area contributed by atoms with Gasteiger partial charge in [-0.2, -0.15) is 0 Å². The van der Waals surface area contributed by atoms with E-state index in [-0.39, 0.29) is 13.0 Å². The van der Waals surface area contributed by atoms with Crippen LogP contribution in [-0.2, 0) is 16.0 Å². The Kier molecular flexibility index (Phi) is 6.21. The fourth-order valence-electron chi connectivity index (χ4n) is 1.86. The summed E-state index contributed by atoms with van der Waals surface area (Å²) in [7, 11) is 0. The fourth-order valence-corrected chi connectivity index (χ4v) is 1.86. The molecular weight excluding hydrogens is 303 g/mol. The summed E-state index contributed by atoms with van der Waals surface area (Å²) in [5.41, 5.74) is 0.318. The number of halogens is 3. The van der Waals surface area contributed by atoms with E-state index in [1.807, 2.05) is 0 Å². The number of carbonyl (C=O) groups is 2. The minimum Gasteiger partial charge on any atom is -0.480 e. The summed E-state index contributed by atoms with van der Waals surface area (Å²) in [4.78, 5) is 23.9. The Bertz CT molecular complexity index is 531. The molecule has 0 spiro atoms. The maximum Gasteiger partial charge on any atom is 0.573 e.